The van der Waals surface area contributed by atoms with Gasteiger partial charge in [-0.1, -0.05) is 12.1 Å². The van der Waals surface area contributed by atoms with Gasteiger partial charge in [-0.05, 0) is 32.6 Å². The highest BCUT2D eigenvalue weighted by Crippen LogP contribution is 2.39. The Morgan fingerprint density at radius 3 is 2.48 bits per heavy atom. The van der Waals surface area contributed by atoms with Gasteiger partial charge in [0.15, 0.2) is 5.76 Å². The molecule has 1 aliphatic heterocycles. The molecule has 0 spiro atoms. The topological polar surface area (TPSA) is 83.7 Å². The SMILES string of the molecule is Cc1noc(C)c1S(=O)(=O)N1CCCN(C(=O)C2CC2C)CC1. The van der Waals surface area contributed by atoms with Crippen LogP contribution in [0, 0.1) is 25.7 Å². The number of carbonyl (C=O) groups excluding carboxylic acids is 1. The third-order valence-corrected chi connectivity index (χ3v) is 6.90. The van der Waals surface area contributed by atoms with Crippen molar-refractivity contribution >= 4 is 15.9 Å². The summed E-state index contributed by atoms with van der Waals surface area (Å²) in [5, 5.41) is 3.74. The van der Waals surface area contributed by atoms with Gasteiger partial charge in [0.2, 0.25) is 15.9 Å². The fourth-order valence-electron chi connectivity index (χ4n) is 3.23. The molecule has 128 valence electrons. The second kappa shape index (κ2) is 5.90. The molecule has 1 saturated heterocycles. The summed E-state index contributed by atoms with van der Waals surface area (Å²) in [7, 11) is -3.63. The molecule has 1 aliphatic carbocycles. The normalized spacial score (nSPS) is 26.1. The van der Waals surface area contributed by atoms with E-state index in [9.17, 15) is 13.2 Å². The Morgan fingerprint density at radius 2 is 1.91 bits per heavy atom. The standard InChI is InChI=1S/C15H23N3O4S/c1-10-9-13(10)15(19)17-5-4-6-18(8-7-17)23(20,21)14-11(2)16-22-12(14)3/h10,13H,4-9H2,1-3H3. The van der Waals surface area contributed by atoms with Crippen LogP contribution in [-0.4, -0.2) is 54.9 Å². The monoisotopic (exact) mass is 341 g/mol. The highest BCUT2D eigenvalue weighted by Gasteiger charge is 2.42. The first-order chi connectivity index (χ1) is 10.8. The number of carbonyl (C=O) groups is 1. The van der Waals surface area contributed by atoms with Gasteiger partial charge in [0.25, 0.3) is 0 Å². The van der Waals surface area contributed by atoms with E-state index in [1.165, 1.54) is 4.31 Å². The number of nitrogens with zero attached hydrogens (tertiary/aromatic N) is 3. The average molecular weight is 341 g/mol. The molecular weight excluding hydrogens is 318 g/mol. The molecule has 23 heavy (non-hydrogen) atoms. The minimum Gasteiger partial charge on any atom is -0.360 e. The summed E-state index contributed by atoms with van der Waals surface area (Å²) in [6.07, 6.45) is 1.60. The van der Waals surface area contributed by atoms with Crippen LogP contribution in [-0.2, 0) is 14.8 Å². The van der Waals surface area contributed by atoms with Crippen molar-refractivity contribution in [2.45, 2.75) is 38.5 Å². The van der Waals surface area contributed by atoms with E-state index in [0.29, 0.717) is 50.0 Å². The number of rotatable bonds is 3. The van der Waals surface area contributed by atoms with E-state index in [1.54, 1.807) is 13.8 Å². The highest BCUT2D eigenvalue weighted by molar-refractivity contribution is 7.89. The molecule has 7 nitrogen and oxygen atoms in total. The van der Waals surface area contributed by atoms with E-state index in [0.717, 1.165) is 6.42 Å². The molecule has 1 aromatic rings. The molecule has 2 unspecified atom stereocenters. The van der Waals surface area contributed by atoms with Gasteiger partial charge in [0.1, 0.15) is 10.6 Å². The predicted octanol–water partition coefficient (Wildman–Crippen LogP) is 1.17. The lowest BCUT2D eigenvalue weighted by molar-refractivity contribution is -0.132. The summed E-state index contributed by atoms with van der Waals surface area (Å²) in [5.41, 5.74) is 0.381. The maximum absolute atomic E-state index is 12.8. The zero-order chi connectivity index (χ0) is 16.8. The van der Waals surface area contributed by atoms with Gasteiger partial charge < -0.3 is 9.42 Å². The van der Waals surface area contributed by atoms with Crippen molar-refractivity contribution in [3.8, 4) is 0 Å². The van der Waals surface area contributed by atoms with Crippen molar-refractivity contribution in [3.05, 3.63) is 11.5 Å². The van der Waals surface area contributed by atoms with E-state index < -0.39 is 10.0 Å². The molecule has 8 heteroatoms. The van der Waals surface area contributed by atoms with Crippen LogP contribution in [0.2, 0.25) is 0 Å². The number of sulfonamides is 1. The van der Waals surface area contributed by atoms with Crippen LogP contribution in [0.25, 0.3) is 0 Å². The second-order valence-corrected chi connectivity index (χ2v) is 8.43. The van der Waals surface area contributed by atoms with E-state index in [1.807, 2.05) is 4.90 Å². The Morgan fingerprint density at radius 1 is 1.22 bits per heavy atom. The van der Waals surface area contributed by atoms with Gasteiger partial charge in [-0.2, -0.15) is 4.31 Å². The summed E-state index contributed by atoms with van der Waals surface area (Å²) in [5.74, 6) is 1.09. The van der Waals surface area contributed by atoms with Gasteiger partial charge in [0.05, 0.1) is 0 Å². The molecule has 0 bridgehead atoms. The van der Waals surface area contributed by atoms with Gasteiger partial charge >= 0.3 is 0 Å². The molecule has 2 atom stereocenters. The molecule has 0 radical (unpaired) electrons. The minimum absolute atomic E-state index is 0.140. The summed E-state index contributed by atoms with van der Waals surface area (Å²) in [4.78, 5) is 14.3. The third kappa shape index (κ3) is 3.01. The van der Waals surface area contributed by atoms with E-state index in [-0.39, 0.29) is 16.7 Å². The van der Waals surface area contributed by atoms with Crippen LogP contribution in [0.15, 0.2) is 9.42 Å². The molecule has 1 saturated carbocycles. The smallest absolute Gasteiger partial charge is 0.248 e. The molecule has 1 amide bonds. The van der Waals surface area contributed by atoms with Crippen molar-refractivity contribution in [1.29, 1.82) is 0 Å². The highest BCUT2D eigenvalue weighted by atomic mass is 32.2. The first-order valence-electron chi connectivity index (χ1n) is 8.04. The van der Waals surface area contributed by atoms with Crippen molar-refractivity contribution in [2.75, 3.05) is 26.2 Å². The Hall–Kier alpha value is -1.41. The maximum atomic E-state index is 12.8. The number of hydrogen-bond donors (Lipinski definition) is 0. The van der Waals surface area contributed by atoms with Gasteiger partial charge in [0, 0.05) is 32.1 Å². The zero-order valence-corrected chi connectivity index (χ0v) is 14.6. The van der Waals surface area contributed by atoms with Crippen LogP contribution >= 0.6 is 0 Å². The van der Waals surface area contributed by atoms with Gasteiger partial charge in [-0.3, -0.25) is 4.79 Å². The summed E-state index contributed by atoms with van der Waals surface area (Å²) in [6.45, 7) is 7.12. The lowest BCUT2D eigenvalue weighted by atomic mass is 10.3. The largest absolute Gasteiger partial charge is 0.360 e. The van der Waals surface area contributed by atoms with Crippen LogP contribution in [0.4, 0.5) is 0 Å². The lowest BCUT2D eigenvalue weighted by Gasteiger charge is -2.22. The van der Waals surface area contributed by atoms with E-state index >= 15 is 0 Å². The molecule has 2 aliphatic rings. The first kappa shape index (κ1) is 16.4. The van der Waals surface area contributed by atoms with Crippen LogP contribution in [0.3, 0.4) is 0 Å². The van der Waals surface area contributed by atoms with Crippen molar-refractivity contribution < 1.29 is 17.7 Å². The Kier molecular flexibility index (Phi) is 4.22. The Bertz CT molecular complexity index is 693. The number of hydrogen-bond acceptors (Lipinski definition) is 5. The maximum Gasteiger partial charge on any atom is 0.248 e. The quantitative estimate of drug-likeness (QED) is 0.824. The predicted molar refractivity (Wildman–Crippen MR) is 83.2 cm³/mol. The van der Waals surface area contributed by atoms with Crippen LogP contribution in [0.5, 0.6) is 0 Å². The average Bonchev–Trinajstić information content (AvgIpc) is 3.18. The number of aryl methyl sites for hydroxylation is 2. The van der Waals surface area contributed by atoms with E-state index in [4.69, 9.17) is 4.52 Å². The fourth-order valence-corrected chi connectivity index (χ4v) is 4.99. The molecular formula is C15H23N3O4S. The first-order valence-corrected chi connectivity index (χ1v) is 9.48. The zero-order valence-electron chi connectivity index (χ0n) is 13.8. The Balaban J connectivity index is 1.74. The molecule has 0 aromatic carbocycles. The van der Waals surface area contributed by atoms with Crippen LogP contribution < -0.4 is 0 Å². The second-order valence-electron chi connectivity index (χ2n) is 6.56. The number of amides is 1. The summed E-state index contributed by atoms with van der Waals surface area (Å²) < 4.78 is 32.1. The molecule has 2 fully saturated rings. The summed E-state index contributed by atoms with van der Waals surface area (Å²) >= 11 is 0. The molecule has 3 rings (SSSR count). The molecule has 0 N–H and O–H groups in total. The lowest BCUT2D eigenvalue weighted by Crippen LogP contribution is -2.38. The summed E-state index contributed by atoms with van der Waals surface area (Å²) in [6, 6.07) is 0. The van der Waals surface area contributed by atoms with E-state index in [2.05, 4.69) is 12.1 Å². The Labute approximate surface area is 136 Å². The van der Waals surface area contributed by atoms with Crippen molar-refractivity contribution in [1.82, 2.24) is 14.4 Å². The van der Waals surface area contributed by atoms with Crippen LogP contribution in [0.1, 0.15) is 31.2 Å². The fraction of sp³-hybridized carbons (Fsp3) is 0.733. The van der Waals surface area contributed by atoms with Gasteiger partial charge in [-0.15, -0.1) is 0 Å². The third-order valence-electron chi connectivity index (χ3n) is 4.76. The minimum atomic E-state index is -3.63. The number of aromatic nitrogens is 1. The molecule has 1 aromatic heterocycles. The van der Waals surface area contributed by atoms with Crippen molar-refractivity contribution in [3.63, 3.8) is 0 Å². The molecule has 2 heterocycles. The van der Waals surface area contributed by atoms with Gasteiger partial charge in [-0.25, -0.2) is 8.42 Å². The van der Waals surface area contributed by atoms with Crippen molar-refractivity contribution in [2.24, 2.45) is 11.8 Å².